The zero-order chi connectivity index (χ0) is 15.1. The van der Waals surface area contributed by atoms with Crippen LogP contribution < -0.4 is 5.32 Å². The Morgan fingerprint density at radius 2 is 2.00 bits per heavy atom. The number of rotatable bonds is 9. The number of amides is 1. The Hall–Kier alpha value is -1.14. The van der Waals surface area contributed by atoms with Crippen LogP contribution in [0.1, 0.15) is 26.7 Å². The molecule has 1 fully saturated rings. The molecule has 0 aromatic carbocycles. The summed E-state index contributed by atoms with van der Waals surface area (Å²) in [5, 5.41) is 2.66. The average Bonchev–Trinajstić information content (AvgIpc) is 3.24. The molecule has 0 bridgehead atoms. The second-order valence-electron chi connectivity index (χ2n) is 5.34. The van der Waals surface area contributed by atoms with Gasteiger partial charge in [-0.05, 0) is 25.7 Å². The third-order valence-electron chi connectivity index (χ3n) is 3.74. The Morgan fingerprint density at radius 1 is 1.35 bits per heavy atom. The number of esters is 1. The summed E-state index contributed by atoms with van der Waals surface area (Å²) >= 11 is 0. The van der Waals surface area contributed by atoms with E-state index < -0.39 is 12.0 Å². The molecule has 1 saturated carbocycles. The maximum Gasteiger partial charge on any atom is 0.329 e. The minimum absolute atomic E-state index is 0.230. The van der Waals surface area contributed by atoms with Gasteiger partial charge in [-0.15, -0.1) is 0 Å². The molecular weight excluding hydrogens is 260 g/mol. The summed E-state index contributed by atoms with van der Waals surface area (Å²) in [5.74, 6) is 0.0410. The lowest BCUT2D eigenvalue weighted by Crippen LogP contribution is -2.51. The summed E-state index contributed by atoms with van der Waals surface area (Å²) in [6.45, 7) is 5.36. The van der Waals surface area contributed by atoms with Gasteiger partial charge in [0, 0.05) is 33.2 Å². The van der Waals surface area contributed by atoms with Gasteiger partial charge in [-0.1, -0.05) is 0 Å². The number of nitrogens with zero attached hydrogens (tertiary/aromatic N) is 1. The van der Waals surface area contributed by atoms with Crippen LogP contribution in [0.3, 0.4) is 0 Å². The SMILES string of the molecule is COCCN(CC(NC(C)=O)C(=O)OC)C(C)C1CC1. The van der Waals surface area contributed by atoms with E-state index in [0.29, 0.717) is 25.1 Å². The van der Waals surface area contributed by atoms with Crippen molar-refractivity contribution in [1.29, 1.82) is 0 Å². The molecule has 1 aliphatic carbocycles. The maximum absolute atomic E-state index is 11.8. The van der Waals surface area contributed by atoms with Gasteiger partial charge < -0.3 is 14.8 Å². The van der Waals surface area contributed by atoms with Gasteiger partial charge in [0.15, 0.2) is 0 Å². The van der Waals surface area contributed by atoms with E-state index in [-0.39, 0.29) is 5.91 Å². The van der Waals surface area contributed by atoms with Gasteiger partial charge in [0.2, 0.25) is 5.91 Å². The highest BCUT2D eigenvalue weighted by Gasteiger charge is 2.34. The first-order chi connectivity index (χ1) is 9.49. The van der Waals surface area contributed by atoms with Crippen molar-refractivity contribution in [3.05, 3.63) is 0 Å². The lowest BCUT2D eigenvalue weighted by atomic mass is 10.1. The lowest BCUT2D eigenvalue weighted by molar-refractivity contribution is -0.145. The number of nitrogens with one attached hydrogen (secondary N) is 1. The van der Waals surface area contributed by atoms with Crippen LogP contribution in [0.4, 0.5) is 0 Å². The molecule has 0 aliphatic heterocycles. The molecule has 0 heterocycles. The fourth-order valence-electron chi connectivity index (χ4n) is 2.35. The fraction of sp³-hybridized carbons (Fsp3) is 0.857. The zero-order valence-electron chi connectivity index (χ0n) is 12.8. The topological polar surface area (TPSA) is 67.9 Å². The molecule has 0 radical (unpaired) electrons. The van der Waals surface area contributed by atoms with Crippen LogP contribution in [-0.4, -0.2) is 62.8 Å². The van der Waals surface area contributed by atoms with Crippen molar-refractivity contribution in [1.82, 2.24) is 10.2 Å². The molecule has 1 amide bonds. The van der Waals surface area contributed by atoms with E-state index in [1.165, 1.54) is 26.9 Å². The van der Waals surface area contributed by atoms with Crippen LogP contribution >= 0.6 is 0 Å². The monoisotopic (exact) mass is 286 g/mol. The van der Waals surface area contributed by atoms with Gasteiger partial charge in [0.05, 0.1) is 13.7 Å². The highest BCUT2D eigenvalue weighted by molar-refractivity contribution is 5.83. The van der Waals surface area contributed by atoms with E-state index in [1.54, 1.807) is 7.11 Å². The maximum atomic E-state index is 11.8. The third kappa shape index (κ3) is 5.46. The summed E-state index contributed by atoms with van der Waals surface area (Å²) in [6.07, 6.45) is 2.46. The van der Waals surface area contributed by atoms with Crippen LogP contribution in [0.25, 0.3) is 0 Å². The minimum Gasteiger partial charge on any atom is -0.467 e. The molecule has 0 spiro atoms. The molecule has 116 valence electrons. The molecule has 6 heteroatoms. The quantitative estimate of drug-likeness (QED) is 0.622. The van der Waals surface area contributed by atoms with Crippen LogP contribution in [0, 0.1) is 5.92 Å². The minimum atomic E-state index is -0.629. The molecule has 1 aliphatic rings. The molecule has 0 saturated heterocycles. The number of carbonyl (C=O) groups is 2. The molecular formula is C14H26N2O4. The summed E-state index contributed by atoms with van der Waals surface area (Å²) in [6, 6.07) is -0.248. The summed E-state index contributed by atoms with van der Waals surface area (Å²) < 4.78 is 9.89. The standard InChI is InChI=1S/C14H26N2O4/c1-10(12-5-6-12)16(7-8-19-3)9-13(14(18)20-4)15-11(2)17/h10,12-13H,5-9H2,1-4H3,(H,15,17). The van der Waals surface area contributed by atoms with Gasteiger partial charge in [-0.25, -0.2) is 4.79 Å². The predicted octanol–water partition coefficient (Wildman–Crippen LogP) is 0.411. The Balaban J connectivity index is 2.66. The van der Waals surface area contributed by atoms with Crippen molar-refractivity contribution in [2.24, 2.45) is 5.92 Å². The van der Waals surface area contributed by atoms with Crippen molar-refractivity contribution in [2.45, 2.75) is 38.8 Å². The van der Waals surface area contributed by atoms with Crippen molar-refractivity contribution in [3.63, 3.8) is 0 Å². The number of ether oxygens (including phenoxy) is 2. The normalized spacial score (nSPS) is 17.6. The molecule has 6 nitrogen and oxygen atoms in total. The highest BCUT2D eigenvalue weighted by Crippen LogP contribution is 2.35. The number of hydrogen-bond donors (Lipinski definition) is 1. The van der Waals surface area contributed by atoms with E-state index in [0.717, 1.165) is 6.54 Å². The molecule has 2 atom stereocenters. The second-order valence-corrected chi connectivity index (χ2v) is 5.34. The molecule has 0 aromatic rings. The van der Waals surface area contributed by atoms with Gasteiger partial charge in [-0.3, -0.25) is 9.69 Å². The molecule has 1 N–H and O–H groups in total. The van der Waals surface area contributed by atoms with E-state index in [2.05, 4.69) is 17.1 Å². The van der Waals surface area contributed by atoms with Gasteiger partial charge in [0.1, 0.15) is 6.04 Å². The van der Waals surface area contributed by atoms with Crippen LogP contribution in [0.2, 0.25) is 0 Å². The van der Waals surface area contributed by atoms with E-state index in [1.807, 2.05) is 0 Å². The van der Waals surface area contributed by atoms with Crippen molar-refractivity contribution >= 4 is 11.9 Å². The predicted molar refractivity (Wildman–Crippen MR) is 75.3 cm³/mol. The Kier molecular flexibility index (Phi) is 6.95. The number of methoxy groups -OCH3 is 2. The second kappa shape index (κ2) is 8.21. The van der Waals surface area contributed by atoms with E-state index >= 15 is 0 Å². The molecule has 20 heavy (non-hydrogen) atoms. The first-order valence-electron chi connectivity index (χ1n) is 7.07. The molecule has 1 rings (SSSR count). The van der Waals surface area contributed by atoms with Crippen LogP contribution in [-0.2, 0) is 19.1 Å². The third-order valence-corrected chi connectivity index (χ3v) is 3.74. The zero-order valence-corrected chi connectivity index (χ0v) is 12.8. The first kappa shape index (κ1) is 16.9. The number of carbonyl (C=O) groups excluding carboxylic acids is 2. The van der Waals surface area contributed by atoms with Crippen molar-refractivity contribution in [3.8, 4) is 0 Å². The summed E-state index contributed by atoms with van der Waals surface area (Å²) in [7, 11) is 2.99. The average molecular weight is 286 g/mol. The molecule has 2 unspecified atom stereocenters. The summed E-state index contributed by atoms with van der Waals surface area (Å²) in [5.41, 5.74) is 0. The number of hydrogen-bond acceptors (Lipinski definition) is 5. The van der Waals surface area contributed by atoms with E-state index in [4.69, 9.17) is 9.47 Å². The van der Waals surface area contributed by atoms with E-state index in [9.17, 15) is 9.59 Å². The van der Waals surface area contributed by atoms with Crippen molar-refractivity contribution in [2.75, 3.05) is 33.9 Å². The van der Waals surface area contributed by atoms with Gasteiger partial charge >= 0.3 is 5.97 Å². The van der Waals surface area contributed by atoms with Crippen LogP contribution in [0.5, 0.6) is 0 Å². The fourth-order valence-corrected chi connectivity index (χ4v) is 2.35. The Morgan fingerprint density at radius 3 is 2.45 bits per heavy atom. The molecule has 0 aromatic heterocycles. The van der Waals surface area contributed by atoms with Gasteiger partial charge in [-0.2, -0.15) is 0 Å². The summed E-state index contributed by atoms with van der Waals surface area (Å²) in [4.78, 5) is 25.2. The highest BCUT2D eigenvalue weighted by atomic mass is 16.5. The largest absolute Gasteiger partial charge is 0.467 e. The first-order valence-corrected chi connectivity index (χ1v) is 7.07. The van der Waals surface area contributed by atoms with Gasteiger partial charge in [0.25, 0.3) is 0 Å². The van der Waals surface area contributed by atoms with Crippen LogP contribution in [0.15, 0.2) is 0 Å². The Labute approximate surface area is 120 Å². The Bertz CT molecular complexity index is 331. The smallest absolute Gasteiger partial charge is 0.329 e. The lowest BCUT2D eigenvalue weighted by Gasteiger charge is -2.31. The van der Waals surface area contributed by atoms with Crippen molar-refractivity contribution < 1.29 is 19.1 Å².